The summed E-state index contributed by atoms with van der Waals surface area (Å²) in [5.41, 5.74) is 0. The molecule has 0 aromatic heterocycles. The Morgan fingerprint density at radius 2 is 1.91 bits per heavy atom. The fraction of sp³-hybridized carbons (Fsp3) is 0.533. The molecule has 0 radical (unpaired) electrons. The molecule has 0 saturated heterocycles. The van der Waals surface area contributed by atoms with E-state index < -0.39 is 9.84 Å². The van der Waals surface area contributed by atoms with Gasteiger partial charge in [0.2, 0.25) is 0 Å². The molecule has 0 fully saturated rings. The summed E-state index contributed by atoms with van der Waals surface area (Å²) < 4.78 is 22.1. The Labute approximate surface area is 161 Å². The smallest absolute Gasteiger partial charge is 0.191 e. The topological polar surface area (TPSA) is 70.6 Å². The molecule has 1 atom stereocenters. The first-order valence-electron chi connectivity index (χ1n) is 7.24. The molecule has 5 nitrogen and oxygen atoms in total. The van der Waals surface area contributed by atoms with Crippen LogP contribution in [0.4, 0.5) is 0 Å². The van der Waals surface area contributed by atoms with Crippen molar-refractivity contribution in [2.75, 3.05) is 32.1 Å². The average molecular weight is 471 g/mol. The third-order valence-corrected chi connectivity index (χ3v) is 4.99. The highest BCUT2D eigenvalue weighted by Gasteiger charge is 2.06. The molecule has 0 amide bonds. The minimum absolute atomic E-state index is 0. The van der Waals surface area contributed by atoms with Gasteiger partial charge in [0.05, 0.1) is 5.75 Å². The van der Waals surface area contributed by atoms with Crippen molar-refractivity contribution in [1.29, 1.82) is 0 Å². The summed E-state index contributed by atoms with van der Waals surface area (Å²) >= 11 is 1.80. The molecule has 8 heteroatoms. The van der Waals surface area contributed by atoms with E-state index in [2.05, 4.69) is 34.7 Å². The molecule has 1 rings (SSSR count). The van der Waals surface area contributed by atoms with Gasteiger partial charge < -0.3 is 10.6 Å². The van der Waals surface area contributed by atoms with Crippen molar-refractivity contribution in [3.05, 3.63) is 30.3 Å². The maximum Gasteiger partial charge on any atom is 0.191 e. The number of hydrogen-bond acceptors (Lipinski definition) is 4. The van der Waals surface area contributed by atoms with Gasteiger partial charge in [-0.2, -0.15) is 0 Å². The molecule has 2 N–H and O–H groups in total. The second-order valence-corrected chi connectivity index (χ2v) is 8.88. The predicted octanol–water partition coefficient (Wildman–Crippen LogP) is 2.38. The number of benzene rings is 1. The van der Waals surface area contributed by atoms with Gasteiger partial charge in [0.25, 0.3) is 0 Å². The number of sulfone groups is 1. The summed E-state index contributed by atoms with van der Waals surface area (Å²) in [5.74, 6) is 0.895. The van der Waals surface area contributed by atoms with Crippen LogP contribution in [0.3, 0.4) is 0 Å². The average Bonchev–Trinajstić information content (AvgIpc) is 2.46. The first-order valence-corrected chi connectivity index (χ1v) is 10.2. The van der Waals surface area contributed by atoms with Crippen LogP contribution in [0.1, 0.15) is 13.3 Å². The summed E-state index contributed by atoms with van der Waals surface area (Å²) in [6.07, 6.45) is 1.83. The fourth-order valence-corrected chi connectivity index (χ4v) is 3.39. The summed E-state index contributed by atoms with van der Waals surface area (Å²) in [6.45, 7) is 3.53. The lowest BCUT2D eigenvalue weighted by atomic mass is 10.4. The molecule has 23 heavy (non-hydrogen) atoms. The standard InChI is InChI=1S/C15H25N3O2S2.HI/c1-13(21-14-8-5-4-6-9-14)12-18-15(16-2)17-10-7-11-22(3,19)20;/h4-6,8-9,13H,7,10-12H2,1-3H3,(H2,16,17,18);1H. The monoisotopic (exact) mass is 471 g/mol. The van der Waals surface area contributed by atoms with Crippen molar-refractivity contribution in [3.63, 3.8) is 0 Å². The van der Waals surface area contributed by atoms with Crippen LogP contribution in [0.25, 0.3) is 0 Å². The van der Waals surface area contributed by atoms with E-state index in [1.807, 2.05) is 18.2 Å². The van der Waals surface area contributed by atoms with Gasteiger partial charge in [-0.25, -0.2) is 8.42 Å². The van der Waals surface area contributed by atoms with Gasteiger partial charge in [-0.15, -0.1) is 35.7 Å². The second-order valence-electron chi connectivity index (χ2n) is 5.10. The zero-order chi connectivity index (χ0) is 16.4. The van der Waals surface area contributed by atoms with Gasteiger partial charge in [0, 0.05) is 36.5 Å². The van der Waals surface area contributed by atoms with Gasteiger partial charge in [-0.3, -0.25) is 4.99 Å². The van der Waals surface area contributed by atoms with E-state index in [1.54, 1.807) is 18.8 Å². The van der Waals surface area contributed by atoms with Crippen molar-refractivity contribution in [3.8, 4) is 0 Å². The predicted molar refractivity (Wildman–Crippen MR) is 111 cm³/mol. The first-order chi connectivity index (χ1) is 10.4. The van der Waals surface area contributed by atoms with Gasteiger partial charge in [0.1, 0.15) is 9.84 Å². The maximum absolute atomic E-state index is 11.1. The van der Waals surface area contributed by atoms with Crippen LogP contribution in [-0.4, -0.2) is 51.8 Å². The van der Waals surface area contributed by atoms with Crippen molar-refractivity contribution in [2.45, 2.75) is 23.5 Å². The van der Waals surface area contributed by atoms with Crippen LogP contribution < -0.4 is 10.6 Å². The Hall–Kier alpha value is -0.480. The molecule has 0 saturated carbocycles. The lowest BCUT2D eigenvalue weighted by molar-refractivity contribution is 0.598. The number of aliphatic imine (C=N–C) groups is 1. The molecule has 1 aromatic rings. The molecule has 1 unspecified atom stereocenters. The number of hydrogen-bond donors (Lipinski definition) is 2. The lowest BCUT2D eigenvalue weighted by Gasteiger charge is -2.15. The van der Waals surface area contributed by atoms with Gasteiger partial charge >= 0.3 is 0 Å². The highest BCUT2D eigenvalue weighted by atomic mass is 127. The number of halogens is 1. The molecule has 0 bridgehead atoms. The Kier molecular flexibility index (Phi) is 11.7. The van der Waals surface area contributed by atoms with Crippen molar-refractivity contribution < 1.29 is 8.42 Å². The lowest BCUT2D eigenvalue weighted by Crippen LogP contribution is -2.40. The number of rotatable bonds is 8. The third-order valence-electron chi connectivity index (χ3n) is 2.85. The van der Waals surface area contributed by atoms with Crippen molar-refractivity contribution in [1.82, 2.24) is 10.6 Å². The van der Waals surface area contributed by atoms with Gasteiger partial charge in [0.15, 0.2) is 5.96 Å². The summed E-state index contributed by atoms with van der Waals surface area (Å²) in [7, 11) is -1.18. The highest BCUT2D eigenvalue weighted by molar-refractivity contribution is 14.0. The molecule has 0 aliphatic carbocycles. The zero-order valence-corrected chi connectivity index (χ0v) is 17.7. The van der Waals surface area contributed by atoms with Crippen LogP contribution in [0.15, 0.2) is 40.2 Å². The molecule has 1 aromatic carbocycles. The van der Waals surface area contributed by atoms with Crippen LogP contribution in [0, 0.1) is 0 Å². The van der Waals surface area contributed by atoms with E-state index in [0.717, 1.165) is 6.54 Å². The van der Waals surface area contributed by atoms with E-state index in [-0.39, 0.29) is 29.7 Å². The molecular weight excluding hydrogens is 445 g/mol. The molecular formula is C15H26IN3O2S2. The van der Waals surface area contributed by atoms with E-state index in [9.17, 15) is 8.42 Å². The molecule has 0 spiro atoms. The first kappa shape index (κ1) is 22.5. The van der Waals surface area contributed by atoms with Crippen LogP contribution in [0.2, 0.25) is 0 Å². The maximum atomic E-state index is 11.1. The van der Waals surface area contributed by atoms with Crippen molar-refractivity contribution in [2.24, 2.45) is 4.99 Å². The van der Waals surface area contributed by atoms with E-state index in [4.69, 9.17) is 0 Å². The normalized spacial score (nSPS) is 13.1. The largest absolute Gasteiger partial charge is 0.356 e. The van der Waals surface area contributed by atoms with Crippen molar-refractivity contribution >= 4 is 51.5 Å². The Balaban J connectivity index is 0.00000484. The SMILES string of the molecule is CN=C(NCCCS(C)(=O)=O)NCC(C)Sc1ccccc1.I. The number of guanidine groups is 1. The van der Waals surface area contributed by atoms with E-state index >= 15 is 0 Å². The van der Waals surface area contributed by atoms with Crippen LogP contribution >= 0.6 is 35.7 Å². The Morgan fingerprint density at radius 1 is 1.26 bits per heavy atom. The van der Waals surface area contributed by atoms with E-state index in [1.165, 1.54) is 11.2 Å². The minimum Gasteiger partial charge on any atom is -0.356 e. The minimum atomic E-state index is -2.89. The number of thioether (sulfide) groups is 1. The molecule has 0 heterocycles. The Bertz CT molecular complexity index is 565. The highest BCUT2D eigenvalue weighted by Crippen LogP contribution is 2.21. The summed E-state index contributed by atoms with van der Waals surface area (Å²) in [4.78, 5) is 5.38. The molecule has 132 valence electrons. The molecule has 0 aliphatic rings. The third kappa shape index (κ3) is 11.7. The zero-order valence-electron chi connectivity index (χ0n) is 13.8. The summed E-state index contributed by atoms with van der Waals surface area (Å²) in [6, 6.07) is 10.3. The van der Waals surface area contributed by atoms with Crippen LogP contribution in [0.5, 0.6) is 0 Å². The fourth-order valence-electron chi connectivity index (χ4n) is 1.78. The van der Waals surface area contributed by atoms with E-state index in [0.29, 0.717) is 24.2 Å². The number of nitrogens with one attached hydrogen (secondary N) is 2. The van der Waals surface area contributed by atoms with Crippen LogP contribution in [-0.2, 0) is 9.84 Å². The van der Waals surface area contributed by atoms with Gasteiger partial charge in [-0.05, 0) is 18.6 Å². The summed E-state index contributed by atoms with van der Waals surface area (Å²) in [5, 5.41) is 6.78. The number of nitrogens with zero attached hydrogens (tertiary/aromatic N) is 1. The Morgan fingerprint density at radius 3 is 2.48 bits per heavy atom. The second kappa shape index (κ2) is 12.0. The quantitative estimate of drug-likeness (QED) is 0.200. The molecule has 0 aliphatic heterocycles. The van der Waals surface area contributed by atoms with Gasteiger partial charge in [-0.1, -0.05) is 25.1 Å².